The second kappa shape index (κ2) is 4.51. The lowest BCUT2D eigenvalue weighted by molar-refractivity contribution is -0.0386. The maximum absolute atomic E-state index is 13.4. The van der Waals surface area contributed by atoms with E-state index in [1.54, 1.807) is 6.08 Å². The van der Waals surface area contributed by atoms with Gasteiger partial charge in [0.25, 0.3) is 0 Å². The van der Waals surface area contributed by atoms with E-state index >= 15 is 0 Å². The number of nitrogens with zero attached hydrogens (tertiary/aromatic N) is 1. The Labute approximate surface area is 144 Å². The van der Waals surface area contributed by atoms with Gasteiger partial charge in [0, 0.05) is 28.0 Å². The molecule has 2 aliphatic carbocycles. The van der Waals surface area contributed by atoms with Crippen molar-refractivity contribution in [2.75, 3.05) is 13.6 Å². The number of Topliss-reactive ketones (excluding diaryl/α,β-unsaturated/α-hetero) is 2. The fraction of sp³-hybridized carbons (Fsp3) is 0.474. The van der Waals surface area contributed by atoms with Crippen LogP contribution in [0.25, 0.3) is 0 Å². The molecule has 6 nitrogen and oxygen atoms in total. The molecule has 130 valence electrons. The van der Waals surface area contributed by atoms with Crippen LogP contribution in [0.3, 0.4) is 0 Å². The smallest absolute Gasteiger partial charge is 0.181 e. The van der Waals surface area contributed by atoms with E-state index in [2.05, 4.69) is 0 Å². The van der Waals surface area contributed by atoms with Crippen LogP contribution >= 0.6 is 0 Å². The number of hydrogen-bond donors (Lipinski definition) is 2. The third kappa shape index (κ3) is 1.53. The van der Waals surface area contributed by atoms with Crippen molar-refractivity contribution in [1.82, 2.24) is 4.90 Å². The number of phenols is 1. The molecule has 1 aromatic rings. The van der Waals surface area contributed by atoms with Gasteiger partial charge in [0.1, 0.15) is 12.2 Å². The maximum atomic E-state index is 13.4. The second-order valence-corrected chi connectivity index (χ2v) is 7.60. The minimum Gasteiger partial charge on any atom is -0.504 e. The first kappa shape index (κ1) is 15.1. The minimum absolute atomic E-state index is 0.102. The lowest BCUT2D eigenvalue weighted by Gasteiger charge is -2.55. The number of piperidine rings is 1. The van der Waals surface area contributed by atoms with Crippen molar-refractivity contribution >= 4 is 11.6 Å². The average molecular weight is 341 g/mol. The van der Waals surface area contributed by atoms with Crippen LogP contribution < -0.4 is 4.74 Å². The van der Waals surface area contributed by atoms with Gasteiger partial charge in [0.15, 0.2) is 23.1 Å². The Morgan fingerprint density at radius 3 is 2.88 bits per heavy atom. The first-order valence-corrected chi connectivity index (χ1v) is 8.57. The zero-order valence-electron chi connectivity index (χ0n) is 14.0. The van der Waals surface area contributed by atoms with Crippen molar-refractivity contribution in [2.24, 2.45) is 5.92 Å². The highest BCUT2D eigenvalue weighted by Crippen LogP contribution is 2.62. The van der Waals surface area contributed by atoms with Crippen molar-refractivity contribution in [1.29, 1.82) is 0 Å². The number of carbonyl (C=O) groups is 2. The van der Waals surface area contributed by atoms with Gasteiger partial charge in [-0.25, -0.2) is 0 Å². The molecule has 1 spiro atoms. The summed E-state index contributed by atoms with van der Waals surface area (Å²) in [6.07, 6.45) is 2.94. The number of aromatic hydroxyl groups is 1. The summed E-state index contributed by atoms with van der Waals surface area (Å²) in [6.45, 7) is 2.09. The van der Waals surface area contributed by atoms with Gasteiger partial charge in [-0.1, -0.05) is 12.2 Å². The van der Waals surface area contributed by atoms with E-state index in [1.807, 2.05) is 18.0 Å². The average Bonchev–Trinajstić information content (AvgIpc) is 2.91. The fourth-order valence-corrected chi connectivity index (χ4v) is 5.47. The van der Waals surface area contributed by atoms with E-state index in [9.17, 15) is 19.8 Å². The molecule has 0 unspecified atom stereocenters. The number of aliphatic hydroxyl groups is 1. The first-order valence-electron chi connectivity index (χ1n) is 8.57. The molecule has 5 atom stereocenters. The summed E-state index contributed by atoms with van der Waals surface area (Å²) >= 11 is 0. The molecule has 1 saturated heterocycles. The number of aliphatic hydroxyl groups excluding tert-OH is 1. The zero-order chi connectivity index (χ0) is 17.7. The van der Waals surface area contributed by atoms with E-state index in [4.69, 9.17) is 4.74 Å². The van der Waals surface area contributed by atoms with Gasteiger partial charge in [-0.15, -0.1) is 0 Å². The number of benzene rings is 1. The number of ether oxygens (including phenoxy) is 1. The Balaban J connectivity index is 1.92. The van der Waals surface area contributed by atoms with Crippen molar-refractivity contribution < 1.29 is 24.5 Å². The Hall–Kier alpha value is -2.18. The minimum atomic E-state index is -0.811. The van der Waals surface area contributed by atoms with Gasteiger partial charge in [0.2, 0.25) is 0 Å². The van der Waals surface area contributed by atoms with Crippen LogP contribution in [0.1, 0.15) is 39.6 Å². The van der Waals surface area contributed by atoms with Gasteiger partial charge in [-0.3, -0.25) is 14.5 Å². The zero-order valence-corrected chi connectivity index (χ0v) is 14.0. The van der Waals surface area contributed by atoms with E-state index in [0.29, 0.717) is 24.1 Å². The van der Waals surface area contributed by atoms with Crippen LogP contribution in [0.2, 0.25) is 0 Å². The molecule has 0 saturated carbocycles. The topological polar surface area (TPSA) is 87.1 Å². The summed E-state index contributed by atoms with van der Waals surface area (Å²) < 4.78 is 6.01. The predicted octanol–water partition coefficient (Wildman–Crippen LogP) is 1.04. The summed E-state index contributed by atoms with van der Waals surface area (Å²) in [4.78, 5) is 27.6. The van der Waals surface area contributed by atoms with Gasteiger partial charge in [0.05, 0.1) is 6.04 Å². The van der Waals surface area contributed by atoms with E-state index in [-0.39, 0.29) is 40.6 Å². The Morgan fingerprint density at radius 2 is 2.16 bits per heavy atom. The van der Waals surface area contributed by atoms with Crippen LogP contribution in [0.5, 0.6) is 11.5 Å². The van der Waals surface area contributed by atoms with E-state index in [0.717, 1.165) is 0 Å². The van der Waals surface area contributed by atoms with Gasteiger partial charge in [-0.05, 0) is 33.0 Å². The molecule has 25 heavy (non-hydrogen) atoms. The molecule has 6 heteroatoms. The third-order valence-electron chi connectivity index (χ3n) is 6.49. The lowest BCUT2D eigenvalue weighted by atomic mass is 9.52. The number of likely N-dealkylation sites (N-methyl/N-ethyl adjacent to an activating group) is 1. The van der Waals surface area contributed by atoms with Crippen LogP contribution in [0.4, 0.5) is 0 Å². The molecule has 0 aromatic heterocycles. The standard InChI is InChI=1S/C19H19NO5/c1-8(21)9-7-12(23)17-14-13(9)16(24)15-10-3-4-11(22)18(25-17)19(10,14)5-6-20(15)2/h3-4,7,10-11,15,18,22-23H,5-6H2,1-2H3/t10-,11-,15-,18-,19-/m0/s1. The fourth-order valence-electron chi connectivity index (χ4n) is 5.47. The Bertz CT molecular complexity index is 875. The summed E-state index contributed by atoms with van der Waals surface area (Å²) in [5, 5.41) is 21.0. The largest absolute Gasteiger partial charge is 0.504 e. The third-order valence-corrected chi connectivity index (χ3v) is 6.49. The molecule has 2 bridgehead atoms. The van der Waals surface area contributed by atoms with Crippen LogP contribution in [0.15, 0.2) is 18.2 Å². The van der Waals surface area contributed by atoms with Crippen LogP contribution in [-0.2, 0) is 5.41 Å². The SMILES string of the molecule is CC(=O)c1cc(O)c2c3c1C(=O)[C@@H]1[C@@H]4C=C[C@H](O)[C@H](O2)[C@]34CCN1C. The number of rotatable bonds is 1. The van der Waals surface area contributed by atoms with Crippen molar-refractivity contribution in [3.63, 3.8) is 0 Å². The quantitative estimate of drug-likeness (QED) is 0.586. The van der Waals surface area contributed by atoms with Crippen molar-refractivity contribution in [3.05, 3.63) is 34.9 Å². The second-order valence-electron chi connectivity index (χ2n) is 7.60. The van der Waals surface area contributed by atoms with Gasteiger partial charge < -0.3 is 14.9 Å². The summed E-state index contributed by atoms with van der Waals surface area (Å²) in [5.74, 6) is -0.373. The Morgan fingerprint density at radius 1 is 1.40 bits per heavy atom. The van der Waals surface area contributed by atoms with E-state index < -0.39 is 17.6 Å². The Kier molecular flexibility index (Phi) is 2.72. The molecule has 1 fully saturated rings. The molecule has 4 aliphatic rings. The molecule has 2 aliphatic heterocycles. The van der Waals surface area contributed by atoms with Gasteiger partial charge in [-0.2, -0.15) is 0 Å². The normalized spacial score (nSPS) is 37.6. The van der Waals surface area contributed by atoms with Crippen molar-refractivity contribution in [3.8, 4) is 11.5 Å². The highest BCUT2D eigenvalue weighted by Gasteiger charge is 2.66. The molecule has 1 aromatic carbocycles. The summed E-state index contributed by atoms with van der Waals surface area (Å²) in [6, 6.07) is 0.947. The predicted molar refractivity (Wildman–Crippen MR) is 88.2 cm³/mol. The molecule has 5 rings (SSSR count). The van der Waals surface area contributed by atoms with Gasteiger partial charge >= 0.3 is 0 Å². The number of hydrogen-bond acceptors (Lipinski definition) is 6. The number of phenolic OH excluding ortho intramolecular Hbond substituents is 1. The molecule has 0 amide bonds. The number of carbonyl (C=O) groups excluding carboxylic acids is 2. The van der Waals surface area contributed by atoms with E-state index in [1.165, 1.54) is 13.0 Å². The summed E-state index contributed by atoms with van der Waals surface area (Å²) in [7, 11) is 1.92. The highest BCUT2D eigenvalue weighted by molar-refractivity contribution is 6.13. The monoisotopic (exact) mass is 341 g/mol. The molecule has 2 N–H and O–H groups in total. The van der Waals surface area contributed by atoms with Crippen LogP contribution in [-0.4, -0.2) is 58.5 Å². The highest BCUT2D eigenvalue weighted by atomic mass is 16.5. The van der Waals surface area contributed by atoms with Crippen LogP contribution in [0, 0.1) is 5.92 Å². The first-order chi connectivity index (χ1) is 11.9. The molecule has 2 heterocycles. The molecular formula is C19H19NO5. The van der Waals surface area contributed by atoms with Crippen molar-refractivity contribution in [2.45, 2.75) is 37.0 Å². The lowest BCUT2D eigenvalue weighted by Crippen LogP contribution is -2.66. The number of likely N-dealkylation sites (tertiary alicyclic amines) is 1. The molecular weight excluding hydrogens is 322 g/mol. The summed E-state index contributed by atoms with van der Waals surface area (Å²) in [5.41, 5.74) is 0.670. The number of ketones is 2. The maximum Gasteiger partial charge on any atom is 0.181 e. The molecule has 0 radical (unpaired) electrons.